The molecule has 5 atom stereocenters. The summed E-state index contributed by atoms with van der Waals surface area (Å²) in [6.07, 6.45) is -2.81. The van der Waals surface area contributed by atoms with Gasteiger partial charge in [0.1, 0.15) is 24.4 Å². The lowest BCUT2D eigenvalue weighted by molar-refractivity contribution is -0.308. The van der Waals surface area contributed by atoms with Gasteiger partial charge in [0.25, 0.3) is 0 Å². The van der Waals surface area contributed by atoms with E-state index in [2.05, 4.69) is 33.9 Å². The summed E-state index contributed by atoms with van der Waals surface area (Å²) in [4.78, 5) is 0. The van der Waals surface area contributed by atoms with Gasteiger partial charge in [-0.25, -0.2) is 0 Å². The second-order valence-corrected chi connectivity index (χ2v) is 15.1. The molecule has 1 N–H and O–H groups in total. The van der Waals surface area contributed by atoms with Crippen molar-refractivity contribution in [2.75, 3.05) is 13.7 Å². The molecule has 1 saturated heterocycles. The SMILES string of the molecule is CO[C@H]1O[C@H](CO)[C@@H](OCc2ccccc2)[C@H](OCc2ccccc2)[C@H]1O[Si](C)(C)C(C)(C)C. The summed E-state index contributed by atoms with van der Waals surface area (Å²) >= 11 is 0. The Balaban J connectivity index is 1.91. The molecule has 0 aliphatic carbocycles. The standard InChI is InChI=1S/C27H40O6Si/c1-27(2,3)34(5,6)33-25-24(31-19-21-15-11-8-12-16-21)23(22(17-28)32-26(25)29-4)30-18-20-13-9-7-10-14-20/h7-16,22-26,28H,17-19H2,1-6H3/t22-,23-,24+,25-,26+/m1/s1. The molecule has 3 rings (SSSR count). The van der Waals surface area contributed by atoms with E-state index < -0.39 is 39.0 Å². The summed E-state index contributed by atoms with van der Waals surface area (Å²) in [5, 5.41) is 10.2. The molecule has 6 nitrogen and oxygen atoms in total. The number of hydrogen-bond donors (Lipinski definition) is 1. The van der Waals surface area contributed by atoms with E-state index in [1.54, 1.807) is 7.11 Å². The van der Waals surface area contributed by atoms with Crippen LogP contribution in [0.15, 0.2) is 60.7 Å². The van der Waals surface area contributed by atoms with Crippen LogP contribution in [0.5, 0.6) is 0 Å². The van der Waals surface area contributed by atoms with Gasteiger partial charge in [0, 0.05) is 7.11 Å². The number of rotatable bonds is 10. The number of methoxy groups -OCH3 is 1. The molecule has 1 aliphatic heterocycles. The summed E-state index contributed by atoms with van der Waals surface area (Å²) in [6, 6.07) is 20.0. The van der Waals surface area contributed by atoms with Crippen LogP contribution < -0.4 is 0 Å². The van der Waals surface area contributed by atoms with E-state index >= 15 is 0 Å². The quantitative estimate of drug-likeness (QED) is 0.479. The van der Waals surface area contributed by atoms with Crippen molar-refractivity contribution >= 4 is 8.32 Å². The zero-order valence-electron chi connectivity index (χ0n) is 21.3. The van der Waals surface area contributed by atoms with Crippen LogP contribution >= 0.6 is 0 Å². The van der Waals surface area contributed by atoms with Crippen molar-refractivity contribution in [2.45, 2.75) is 82.8 Å². The highest BCUT2D eigenvalue weighted by Gasteiger charge is 2.52. The Morgan fingerprint density at radius 2 is 1.32 bits per heavy atom. The van der Waals surface area contributed by atoms with Crippen LogP contribution in [0.3, 0.4) is 0 Å². The Kier molecular flexibility index (Phi) is 9.46. The van der Waals surface area contributed by atoms with Crippen LogP contribution in [0.1, 0.15) is 31.9 Å². The number of hydrogen-bond acceptors (Lipinski definition) is 6. The molecule has 0 saturated carbocycles. The highest BCUT2D eigenvalue weighted by molar-refractivity contribution is 6.74. The first-order valence-electron chi connectivity index (χ1n) is 11.9. The molecular weight excluding hydrogens is 448 g/mol. The highest BCUT2D eigenvalue weighted by atomic mass is 28.4. The third-order valence-electron chi connectivity index (χ3n) is 6.81. The molecule has 34 heavy (non-hydrogen) atoms. The van der Waals surface area contributed by atoms with Gasteiger partial charge in [0.2, 0.25) is 0 Å². The first kappa shape index (κ1) is 27.0. The lowest BCUT2D eigenvalue weighted by Gasteiger charge is -2.49. The molecule has 2 aromatic rings. The molecule has 188 valence electrons. The van der Waals surface area contributed by atoms with E-state index in [1.165, 1.54) is 0 Å². The summed E-state index contributed by atoms with van der Waals surface area (Å²) in [6.45, 7) is 11.6. The number of aliphatic hydroxyl groups excluding tert-OH is 1. The topological polar surface area (TPSA) is 66.4 Å². The van der Waals surface area contributed by atoms with Crippen LogP contribution in [-0.2, 0) is 36.6 Å². The van der Waals surface area contributed by atoms with Gasteiger partial charge in [-0.15, -0.1) is 0 Å². The first-order valence-corrected chi connectivity index (χ1v) is 14.8. The average molecular weight is 489 g/mol. The monoisotopic (exact) mass is 488 g/mol. The number of aliphatic hydroxyl groups is 1. The van der Waals surface area contributed by atoms with Gasteiger partial charge in [-0.05, 0) is 29.3 Å². The molecule has 0 unspecified atom stereocenters. The van der Waals surface area contributed by atoms with Crippen molar-refractivity contribution in [3.05, 3.63) is 71.8 Å². The van der Waals surface area contributed by atoms with Crippen molar-refractivity contribution in [1.29, 1.82) is 0 Å². The predicted octanol–water partition coefficient (Wildman–Crippen LogP) is 4.91. The lowest BCUT2D eigenvalue weighted by atomic mass is 9.98. The van der Waals surface area contributed by atoms with Crippen LogP contribution in [0.25, 0.3) is 0 Å². The summed E-state index contributed by atoms with van der Waals surface area (Å²) in [5.41, 5.74) is 2.09. The largest absolute Gasteiger partial charge is 0.406 e. The first-order chi connectivity index (χ1) is 16.2. The van der Waals surface area contributed by atoms with Gasteiger partial charge >= 0.3 is 0 Å². The minimum Gasteiger partial charge on any atom is -0.406 e. The Bertz CT molecular complexity index is 854. The van der Waals surface area contributed by atoms with Crippen LogP contribution in [0.4, 0.5) is 0 Å². The van der Waals surface area contributed by atoms with Gasteiger partial charge in [0.15, 0.2) is 14.6 Å². The minimum atomic E-state index is -2.21. The van der Waals surface area contributed by atoms with Crippen molar-refractivity contribution in [3.63, 3.8) is 0 Å². The summed E-state index contributed by atoms with van der Waals surface area (Å²) < 4.78 is 31.6. The third kappa shape index (κ3) is 6.76. The van der Waals surface area contributed by atoms with Gasteiger partial charge in [-0.1, -0.05) is 81.4 Å². The van der Waals surface area contributed by atoms with Crippen LogP contribution in [0, 0.1) is 0 Å². The van der Waals surface area contributed by atoms with E-state index in [4.69, 9.17) is 23.4 Å². The summed E-state index contributed by atoms with van der Waals surface area (Å²) in [5.74, 6) is 0. The van der Waals surface area contributed by atoms with E-state index in [9.17, 15) is 5.11 Å². The second-order valence-electron chi connectivity index (χ2n) is 10.3. The maximum atomic E-state index is 10.2. The normalized spacial score (nSPS) is 25.9. The van der Waals surface area contributed by atoms with Crippen molar-refractivity contribution < 1.29 is 28.5 Å². The Hall–Kier alpha value is -1.58. The fraction of sp³-hybridized carbons (Fsp3) is 0.556. The second kappa shape index (κ2) is 11.9. The smallest absolute Gasteiger partial charge is 0.192 e. The average Bonchev–Trinajstić information content (AvgIpc) is 2.82. The molecule has 1 fully saturated rings. The zero-order chi connectivity index (χ0) is 24.8. The zero-order valence-corrected chi connectivity index (χ0v) is 22.3. The maximum Gasteiger partial charge on any atom is 0.192 e. The molecule has 0 radical (unpaired) electrons. The molecule has 0 spiro atoms. The van der Waals surface area contributed by atoms with Gasteiger partial charge in [0.05, 0.1) is 19.8 Å². The van der Waals surface area contributed by atoms with Gasteiger partial charge in [-0.2, -0.15) is 0 Å². The van der Waals surface area contributed by atoms with Crippen LogP contribution in [0.2, 0.25) is 18.1 Å². The fourth-order valence-electron chi connectivity index (χ4n) is 3.78. The minimum absolute atomic E-state index is 0.0104. The maximum absolute atomic E-state index is 10.2. The van der Waals surface area contributed by atoms with Gasteiger partial charge in [-0.3, -0.25) is 0 Å². The Morgan fingerprint density at radius 1 is 0.824 bits per heavy atom. The van der Waals surface area contributed by atoms with Crippen molar-refractivity contribution in [3.8, 4) is 0 Å². The van der Waals surface area contributed by atoms with E-state index in [1.807, 2.05) is 60.7 Å². The van der Waals surface area contributed by atoms with Crippen LogP contribution in [-0.4, -0.2) is 57.8 Å². The molecule has 0 amide bonds. The fourth-order valence-corrected chi connectivity index (χ4v) is 5.06. The molecule has 0 aromatic heterocycles. The molecule has 1 aliphatic rings. The van der Waals surface area contributed by atoms with E-state index in [0.29, 0.717) is 13.2 Å². The van der Waals surface area contributed by atoms with Crippen molar-refractivity contribution in [1.82, 2.24) is 0 Å². The highest BCUT2D eigenvalue weighted by Crippen LogP contribution is 2.40. The number of benzene rings is 2. The molecule has 1 heterocycles. The third-order valence-corrected chi connectivity index (χ3v) is 11.3. The number of ether oxygens (including phenoxy) is 4. The molecular formula is C27H40O6Si. The Morgan fingerprint density at radius 3 is 1.76 bits per heavy atom. The van der Waals surface area contributed by atoms with E-state index in [0.717, 1.165) is 11.1 Å². The molecule has 0 bridgehead atoms. The molecule has 7 heteroatoms. The lowest BCUT2D eigenvalue weighted by Crippen LogP contribution is -2.64. The summed E-state index contributed by atoms with van der Waals surface area (Å²) in [7, 11) is -0.609. The predicted molar refractivity (Wildman–Crippen MR) is 135 cm³/mol. The Labute approximate surface area is 205 Å². The molecule has 2 aromatic carbocycles. The van der Waals surface area contributed by atoms with E-state index in [-0.39, 0.29) is 11.6 Å². The van der Waals surface area contributed by atoms with Crippen molar-refractivity contribution in [2.24, 2.45) is 0 Å². The van der Waals surface area contributed by atoms with Gasteiger partial charge < -0.3 is 28.5 Å².